The van der Waals surface area contributed by atoms with Crippen LogP contribution in [0.1, 0.15) is 112 Å². The summed E-state index contributed by atoms with van der Waals surface area (Å²) in [6, 6.07) is 10.8. The highest BCUT2D eigenvalue weighted by Crippen LogP contribution is 2.54. The molecule has 9 heteroatoms. The number of halogens is 2. The molecule has 3 aromatic rings. The van der Waals surface area contributed by atoms with E-state index in [4.69, 9.17) is 23.7 Å². The van der Waals surface area contributed by atoms with Crippen LogP contribution in [0.5, 0.6) is 28.7 Å². The first-order valence-corrected chi connectivity index (χ1v) is 18.1. The fourth-order valence-corrected chi connectivity index (χ4v) is 8.89. The molecule has 0 bridgehead atoms. The van der Waals surface area contributed by atoms with E-state index < -0.39 is 35.1 Å². The van der Waals surface area contributed by atoms with Crippen LogP contribution in [0.25, 0.3) is 0 Å². The van der Waals surface area contributed by atoms with Gasteiger partial charge < -0.3 is 28.2 Å². The Kier molecular flexibility index (Phi) is 9.60. The molecule has 0 spiro atoms. The topological polar surface area (TPSA) is 63.2 Å². The predicted molar refractivity (Wildman–Crippen MR) is 191 cm³/mol. The second kappa shape index (κ2) is 12.3. The van der Waals surface area contributed by atoms with Crippen LogP contribution < -0.4 is 39.6 Å². The molecule has 264 valence electrons. The lowest BCUT2D eigenvalue weighted by atomic mass is 9.79. The van der Waals surface area contributed by atoms with Gasteiger partial charge >= 0.3 is 6.29 Å². The van der Waals surface area contributed by atoms with Crippen molar-refractivity contribution >= 4 is 23.1 Å². The molecule has 0 amide bonds. The van der Waals surface area contributed by atoms with Gasteiger partial charge in [0.15, 0.2) is 18.6 Å². The summed E-state index contributed by atoms with van der Waals surface area (Å²) in [6.07, 6.45) is -3.89. The Balaban J connectivity index is 2.30. The summed E-state index contributed by atoms with van der Waals surface area (Å²) in [7, 11) is -0.613. The Hall–Kier alpha value is -3.25. The highest BCUT2D eigenvalue weighted by atomic mass is 31.2. The van der Waals surface area contributed by atoms with Crippen molar-refractivity contribution in [3.8, 4) is 28.7 Å². The number of alkyl halides is 2. The van der Waals surface area contributed by atoms with Gasteiger partial charge in [0.05, 0.1) is 20.8 Å². The summed E-state index contributed by atoms with van der Waals surface area (Å²) in [4.78, 5) is 0. The van der Waals surface area contributed by atoms with E-state index in [0.29, 0.717) is 10.6 Å². The molecule has 0 unspecified atom stereocenters. The van der Waals surface area contributed by atoms with Crippen LogP contribution in [0.3, 0.4) is 0 Å². The molecule has 0 aromatic heterocycles. The largest absolute Gasteiger partial charge is 0.586 e. The van der Waals surface area contributed by atoms with E-state index in [1.165, 1.54) is 6.07 Å². The van der Waals surface area contributed by atoms with Crippen molar-refractivity contribution in [2.75, 3.05) is 20.8 Å². The minimum absolute atomic E-state index is 0.0311. The average Bonchev–Trinajstić information content (AvgIpc) is 3.27. The molecule has 6 nitrogen and oxygen atoms in total. The molecule has 0 atom stereocenters. The van der Waals surface area contributed by atoms with Gasteiger partial charge in [-0.25, -0.2) is 0 Å². The van der Waals surface area contributed by atoms with Crippen molar-refractivity contribution in [2.24, 2.45) is 0 Å². The van der Waals surface area contributed by atoms with Crippen LogP contribution in [0.4, 0.5) is 8.78 Å². The molecule has 1 aliphatic rings. The second-order valence-electron chi connectivity index (χ2n) is 16.6. The summed E-state index contributed by atoms with van der Waals surface area (Å²) in [5, 5.41) is 1.35. The molecule has 0 aliphatic carbocycles. The highest BCUT2D eigenvalue weighted by molar-refractivity contribution is 7.85. The third-order valence-electron chi connectivity index (χ3n) is 8.63. The van der Waals surface area contributed by atoms with Crippen molar-refractivity contribution in [3.63, 3.8) is 0 Å². The SMILES string of the molecule is CCOc1cc(P(=O)(c2cc(C(C)(C)C)c(OC)c(C(C)(C)C)c2)c2cc(C(C)(C)C)c(OC)c(C(C)(C)C)c2)cc2c1OC(F)(F)O2. The molecule has 1 aliphatic heterocycles. The first-order valence-electron chi connectivity index (χ1n) is 16.4. The first kappa shape index (κ1) is 37.6. The zero-order valence-corrected chi connectivity index (χ0v) is 32.2. The Morgan fingerprint density at radius 3 is 1.29 bits per heavy atom. The van der Waals surface area contributed by atoms with Gasteiger partial charge in [0.2, 0.25) is 5.75 Å². The molecule has 3 aromatic carbocycles. The maximum atomic E-state index is 16.6. The quantitative estimate of drug-likeness (QED) is 0.231. The molecule has 0 saturated heterocycles. The summed E-state index contributed by atoms with van der Waals surface area (Å²) in [5.74, 6) is 1.03. The fourth-order valence-electron chi connectivity index (χ4n) is 6.16. The van der Waals surface area contributed by atoms with Gasteiger partial charge in [0.25, 0.3) is 0 Å². The van der Waals surface area contributed by atoms with Gasteiger partial charge in [-0.2, -0.15) is 0 Å². The van der Waals surface area contributed by atoms with Crippen LogP contribution in [-0.2, 0) is 26.2 Å². The van der Waals surface area contributed by atoms with Gasteiger partial charge in [-0.05, 0) is 65.0 Å². The van der Waals surface area contributed by atoms with Gasteiger partial charge in [0, 0.05) is 38.2 Å². The van der Waals surface area contributed by atoms with Crippen LogP contribution >= 0.6 is 7.14 Å². The average molecular weight is 687 g/mol. The lowest BCUT2D eigenvalue weighted by molar-refractivity contribution is -0.287. The van der Waals surface area contributed by atoms with E-state index in [2.05, 4.69) is 83.1 Å². The van der Waals surface area contributed by atoms with Crippen molar-refractivity contribution < 1.29 is 37.0 Å². The summed E-state index contributed by atoms with van der Waals surface area (Å²) in [5.41, 5.74) is 1.94. The van der Waals surface area contributed by atoms with E-state index in [9.17, 15) is 8.78 Å². The van der Waals surface area contributed by atoms with Gasteiger partial charge in [-0.15, -0.1) is 8.78 Å². The Morgan fingerprint density at radius 2 is 0.979 bits per heavy atom. The lowest BCUT2D eigenvalue weighted by Crippen LogP contribution is -2.31. The predicted octanol–water partition coefficient (Wildman–Crippen LogP) is 9.25. The number of rotatable bonds is 7. The standard InChI is InChI=1S/C39H53F2O6P/c1-16-45-30-21-25(22-31-34(30)47-39(40,41)46-31)48(42,23-17-26(35(2,3)4)32(43-14)27(18-23)36(5,6)7)24-19-28(37(8,9)10)33(44-15)29(20-24)38(11,12)13/h17-22H,16H2,1-15H3. The molecule has 0 N–H and O–H groups in total. The molecule has 0 fully saturated rings. The molecule has 0 saturated carbocycles. The molecule has 4 rings (SSSR count). The Labute approximate surface area is 285 Å². The maximum Gasteiger partial charge on any atom is 0.586 e. The fraction of sp³-hybridized carbons (Fsp3) is 0.538. The Bertz CT molecular complexity index is 1590. The Morgan fingerprint density at radius 1 is 0.625 bits per heavy atom. The van der Waals surface area contributed by atoms with Crippen LogP contribution in [0, 0.1) is 0 Å². The van der Waals surface area contributed by atoms with E-state index in [0.717, 1.165) is 33.8 Å². The minimum Gasteiger partial charge on any atom is -0.496 e. The van der Waals surface area contributed by atoms with Crippen molar-refractivity contribution in [1.82, 2.24) is 0 Å². The van der Waals surface area contributed by atoms with Gasteiger partial charge in [-0.1, -0.05) is 83.1 Å². The molecule has 48 heavy (non-hydrogen) atoms. The number of benzene rings is 3. The van der Waals surface area contributed by atoms with Crippen molar-refractivity contribution in [2.45, 2.75) is 118 Å². The zero-order chi connectivity index (χ0) is 36.4. The summed E-state index contributed by atoms with van der Waals surface area (Å²) >= 11 is 0. The number of fused-ring (bicyclic) bond motifs is 1. The number of hydrogen-bond donors (Lipinski definition) is 0. The molecular formula is C39H53F2O6P. The van der Waals surface area contributed by atoms with Crippen LogP contribution in [0.2, 0.25) is 0 Å². The third kappa shape index (κ3) is 6.92. The lowest BCUT2D eigenvalue weighted by Gasteiger charge is -2.34. The maximum absolute atomic E-state index is 16.6. The van der Waals surface area contributed by atoms with Gasteiger partial charge in [-0.3, -0.25) is 0 Å². The van der Waals surface area contributed by atoms with Gasteiger partial charge in [0.1, 0.15) is 11.5 Å². The summed E-state index contributed by atoms with van der Waals surface area (Å²) < 4.78 is 73.5. The van der Waals surface area contributed by atoms with Crippen LogP contribution in [-0.4, -0.2) is 27.1 Å². The number of methoxy groups -OCH3 is 2. The number of hydrogen-bond acceptors (Lipinski definition) is 6. The zero-order valence-electron chi connectivity index (χ0n) is 31.3. The monoisotopic (exact) mass is 686 g/mol. The summed E-state index contributed by atoms with van der Waals surface area (Å²) in [6.45, 7) is 27.0. The van der Waals surface area contributed by atoms with Crippen LogP contribution in [0.15, 0.2) is 36.4 Å². The first-order chi connectivity index (χ1) is 21.8. The third-order valence-corrected chi connectivity index (χ3v) is 11.6. The molecule has 0 radical (unpaired) electrons. The molecular weight excluding hydrogens is 633 g/mol. The van der Waals surface area contributed by atoms with E-state index >= 15 is 4.57 Å². The highest BCUT2D eigenvalue weighted by Gasteiger charge is 2.47. The smallest absolute Gasteiger partial charge is 0.496 e. The van der Waals surface area contributed by atoms with E-state index in [1.54, 1.807) is 27.2 Å². The number of ether oxygens (including phenoxy) is 5. The van der Waals surface area contributed by atoms with E-state index in [1.807, 2.05) is 24.3 Å². The molecule has 1 heterocycles. The minimum atomic E-state index is -3.92. The second-order valence-corrected chi connectivity index (χ2v) is 19.4. The van der Waals surface area contributed by atoms with Crippen molar-refractivity contribution in [1.29, 1.82) is 0 Å². The van der Waals surface area contributed by atoms with E-state index in [-0.39, 0.29) is 29.2 Å². The normalized spacial score (nSPS) is 15.0. The van der Waals surface area contributed by atoms with Crippen molar-refractivity contribution in [3.05, 3.63) is 58.7 Å².